The molecule has 6 nitrogen and oxygen atoms in total. The largest absolute Gasteiger partial charge is 0.355 e. The number of piperidine rings is 1. The highest BCUT2D eigenvalue weighted by Crippen LogP contribution is 2.39. The second kappa shape index (κ2) is 9.82. The minimum atomic E-state index is -0.202. The molecule has 0 aliphatic carbocycles. The number of hydrogen-bond donors (Lipinski definition) is 0. The van der Waals surface area contributed by atoms with Crippen molar-refractivity contribution in [1.82, 2.24) is 14.3 Å². The summed E-state index contributed by atoms with van der Waals surface area (Å²) >= 11 is 6.87. The predicted molar refractivity (Wildman–Crippen MR) is 151 cm³/mol. The summed E-state index contributed by atoms with van der Waals surface area (Å²) < 4.78 is 2.07. The van der Waals surface area contributed by atoms with Gasteiger partial charge in [-0.15, -0.1) is 0 Å². The van der Waals surface area contributed by atoms with Crippen molar-refractivity contribution in [2.24, 2.45) is 11.8 Å². The highest BCUT2D eigenvalue weighted by atomic mass is 32.2. The molecular formula is C28H30N4O2S2. The fourth-order valence-electron chi connectivity index (χ4n) is 5.33. The van der Waals surface area contributed by atoms with Gasteiger partial charge in [-0.2, -0.15) is 0 Å². The smallest absolute Gasteiger partial charge is 0.267 e. The third kappa shape index (κ3) is 4.48. The summed E-state index contributed by atoms with van der Waals surface area (Å²) in [6, 6.07) is 13.4. The summed E-state index contributed by atoms with van der Waals surface area (Å²) in [6.07, 6.45) is 4.59. The predicted octanol–water partition coefficient (Wildman–Crippen LogP) is 5.45. The SMILES string of the molecule is Cc1cccn2c(=O)c(/C=C3/SC(=S)N([C@@H](C)c4ccccc4)C3=O)c(N3C[C@H](C)C[C@H](C)C3)nc12. The maximum atomic E-state index is 13.8. The molecule has 0 spiro atoms. The van der Waals surface area contributed by atoms with Gasteiger partial charge in [-0.1, -0.05) is 74.2 Å². The first-order valence-electron chi connectivity index (χ1n) is 12.3. The van der Waals surface area contributed by atoms with Crippen LogP contribution in [0.1, 0.15) is 49.9 Å². The average molecular weight is 519 g/mol. The molecule has 0 saturated carbocycles. The van der Waals surface area contributed by atoms with E-state index in [1.807, 2.05) is 56.3 Å². The zero-order valence-corrected chi connectivity index (χ0v) is 22.6. The number of anilines is 1. The Labute approximate surface area is 221 Å². The van der Waals surface area contributed by atoms with Crippen molar-refractivity contribution in [2.75, 3.05) is 18.0 Å². The van der Waals surface area contributed by atoms with Crippen LogP contribution in [-0.2, 0) is 4.79 Å². The lowest BCUT2D eigenvalue weighted by Gasteiger charge is -2.36. The summed E-state index contributed by atoms with van der Waals surface area (Å²) in [7, 11) is 0. The van der Waals surface area contributed by atoms with Crippen LogP contribution in [0.15, 0.2) is 58.4 Å². The number of thiocarbonyl (C=S) groups is 1. The van der Waals surface area contributed by atoms with Gasteiger partial charge in [0.25, 0.3) is 11.5 Å². The Bertz CT molecular complexity index is 1420. The number of nitrogens with zero attached hydrogens (tertiary/aromatic N) is 4. The number of benzene rings is 1. The van der Waals surface area contributed by atoms with Gasteiger partial charge >= 0.3 is 0 Å². The highest BCUT2D eigenvalue weighted by molar-refractivity contribution is 8.26. The van der Waals surface area contributed by atoms with Gasteiger partial charge in [-0.05, 0) is 55.4 Å². The molecule has 2 fully saturated rings. The van der Waals surface area contributed by atoms with Gasteiger partial charge in [0.2, 0.25) is 0 Å². The van der Waals surface area contributed by atoms with E-state index in [2.05, 4.69) is 18.7 Å². The Morgan fingerprint density at radius 1 is 1.08 bits per heavy atom. The summed E-state index contributed by atoms with van der Waals surface area (Å²) in [4.78, 5) is 36.7. The zero-order valence-electron chi connectivity index (χ0n) is 21.0. The molecule has 36 heavy (non-hydrogen) atoms. The number of thioether (sulfide) groups is 1. The van der Waals surface area contributed by atoms with Crippen LogP contribution in [0.3, 0.4) is 0 Å². The van der Waals surface area contributed by atoms with Crippen molar-refractivity contribution in [3.63, 3.8) is 0 Å². The first kappa shape index (κ1) is 24.7. The quantitative estimate of drug-likeness (QED) is 0.338. The molecule has 3 aromatic rings. The molecule has 5 rings (SSSR count). The summed E-state index contributed by atoms with van der Waals surface area (Å²) in [5.41, 5.74) is 2.85. The van der Waals surface area contributed by atoms with Gasteiger partial charge in [-0.3, -0.25) is 18.9 Å². The average Bonchev–Trinajstić information content (AvgIpc) is 3.13. The molecule has 3 atom stereocenters. The van der Waals surface area contributed by atoms with Crippen LogP contribution < -0.4 is 10.5 Å². The number of pyridine rings is 1. The number of rotatable bonds is 4. The van der Waals surface area contributed by atoms with Gasteiger partial charge in [0.15, 0.2) is 0 Å². The van der Waals surface area contributed by atoms with Crippen LogP contribution in [0.4, 0.5) is 5.82 Å². The van der Waals surface area contributed by atoms with Crippen LogP contribution in [0.5, 0.6) is 0 Å². The molecule has 0 bridgehead atoms. The lowest BCUT2D eigenvalue weighted by atomic mass is 9.91. The number of aryl methyl sites for hydroxylation is 1. The van der Waals surface area contributed by atoms with Crippen LogP contribution in [0.25, 0.3) is 11.7 Å². The number of amides is 1. The van der Waals surface area contributed by atoms with E-state index in [4.69, 9.17) is 17.2 Å². The molecule has 1 aromatic carbocycles. The molecule has 8 heteroatoms. The second-order valence-electron chi connectivity index (χ2n) is 10.0. The van der Waals surface area contributed by atoms with Gasteiger partial charge in [-0.25, -0.2) is 4.98 Å². The number of carbonyl (C=O) groups is 1. The number of aromatic nitrogens is 2. The number of hydrogen-bond acceptors (Lipinski definition) is 6. The molecule has 0 unspecified atom stereocenters. The summed E-state index contributed by atoms with van der Waals surface area (Å²) in [6.45, 7) is 10.1. The molecule has 1 amide bonds. The van der Waals surface area contributed by atoms with Gasteiger partial charge < -0.3 is 4.90 Å². The third-order valence-electron chi connectivity index (χ3n) is 7.00. The Morgan fingerprint density at radius 2 is 1.78 bits per heavy atom. The van der Waals surface area contributed by atoms with Crippen LogP contribution >= 0.6 is 24.0 Å². The summed E-state index contributed by atoms with van der Waals surface area (Å²) in [5, 5.41) is 0. The third-order valence-corrected chi connectivity index (χ3v) is 8.33. The first-order chi connectivity index (χ1) is 17.2. The molecule has 0 radical (unpaired) electrons. The molecule has 2 aliphatic rings. The lowest BCUT2D eigenvalue weighted by Crippen LogP contribution is -2.40. The minimum absolute atomic E-state index is 0.175. The van der Waals surface area contributed by atoms with E-state index in [1.165, 1.54) is 11.8 Å². The van der Waals surface area contributed by atoms with Crippen molar-refractivity contribution in [1.29, 1.82) is 0 Å². The van der Waals surface area contributed by atoms with Gasteiger partial charge in [0.1, 0.15) is 15.8 Å². The van der Waals surface area contributed by atoms with E-state index in [0.717, 1.165) is 30.6 Å². The van der Waals surface area contributed by atoms with E-state index in [9.17, 15) is 9.59 Å². The Balaban J connectivity index is 1.62. The van der Waals surface area contributed by atoms with Crippen molar-refractivity contribution in [2.45, 2.75) is 40.2 Å². The number of carbonyl (C=O) groups excluding carboxylic acids is 1. The van der Waals surface area contributed by atoms with Crippen LogP contribution in [0.2, 0.25) is 0 Å². The Hall–Kier alpha value is -2.97. The normalized spacial score (nSPS) is 22.6. The fourth-order valence-corrected chi connectivity index (χ4v) is 6.73. The van der Waals surface area contributed by atoms with Gasteiger partial charge in [0, 0.05) is 19.3 Å². The molecule has 0 N–H and O–H groups in total. The maximum absolute atomic E-state index is 13.8. The molecular weight excluding hydrogens is 488 g/mol. The van der Waals surface area contributed by atoms with Crippen LogP contribution in [-0.4, -0.2) is 37.6 Å². The van der Waals surface area contributed by atoms with E-state index < -0.39 is 0 Å². The Kier molecular flexibility index (Phi) is 6.74. The molecule has 4 heterocycles. The van der Waals surface area contributed by atoms with Crippen molar-refractivity contribution in [3.8, 4) is 0 Å². The summed E-state index contributed by atoms with van der Waals surface area (Å²) in [5.74, 6) is 1.45. The molecule has 2 saturated heterocycles. The minimum Gasteiger partial charge on any atom is -0.355 e. The van der Waals surface area contributed by atoms with E-state index in [-0.39, 0.29) is 17.5 Å². The van der Waals surface area contributed by atoms with E-state index in [1.54, 1.807) is 21.6 Å². The zero-order chi connectivity index (χ0) is 25.6. The topological polar surface area (TPSA) is 57.9 Å². The fraction of sp³-hybridized carbons (Fsp3) is 0.357. The van der Waals surface area contributed by atoms with Crippen molar-refractivity contribution < 1.29 is 4.79 Å². The highest BCUT2D eigenvalue weighted by Gasteiger charge is 2.37. The maximum Gasteiger partial charge on any atom is 0.267 e. The first-order valence-corrected chi connectivity index (χ1v) is 13.6. The van der Waals surface area contributed by atoms with Crippen LogP contribution in [0, 0.1) is 18.8 Å². The Morgan fingerprint density at radius 3 is 2.47 bits per heavy atom. The monoisotopic (exact) mass is 518 g/mol. The van der Waals surface area contributed by atoms with E-state index in [0.29, 0.717) is 38.1 Å². The van der Waals surface area contributed by atoms with Crippen molar-refractivity contribution in [3.05, 3.63) is 80.6 Å². The standard InChI is InChI=1S/C28H30N4O2S2/c1-17-13-18(2)16-30(15-17)25-22(26(33)31-12-8-9-19(3)24(31)29-25)14-23-27(34)32(28(35)36-23)20(4)21-10-6-5-7-11-21/h5-12,14,17-18,20H,13,15-16H2,1-4H3/b23-14+/t17-,18+,20-/m0/s1. The molecule has 2 aromatic heterocycles. The lowest BCUT2D eigenvalue weighted by molar-refractivity contribution is -0.123. The molecule has 186 valence electrons. The van der Waals surface area contributed by atoms with Gasteiger partial charge in [0.05, 0.1) is 16.5 Å². The molecule has 2 aliphatic heterocycles. The number of fused-ring (bicyclic) bond motifs is 1. The second-order valence-corrected chi connectivity index (χ2v) is 11.7. The van der Waals surface area contributed by atoms with E-state index >= 15 is 0 Å². The van der Waals surface area contributed by atoms with Crippen molar-refractivity contribution >= 4 is 51.7 Å².